The largest absolute Gasteiger partial charge is 0.462 e. The number of carbonyl (C=O) groups is 1. The molecule has 0 heterocycles. The van der Waals surface area contributed by atoms with Crippen molar-refractivity contribution in [1.82, 2.24) is 0 Å². The van der Waals surface area contributed by atoms with Crippen molar-refractivity contribution in [2.75, 3.05) is 6.61 Å². The second-order valence-corrected chi connectivity index (χ2v) is 6.94. The Bertz CT molecular complexity index is 635. The van der Waals surface area contributed by atoms with E-state index in [0.717, 1.165) is 12.0 Å². The Kier molecular flexibility index (Phi) is 7.70. The molecule has 0 radical (unpaired) electrons. The van der Waals surface area contributed by atoms with Crippen molar-refractivity contribution in [3.8, 4) is 0 Å². The van der Waals surface area contributed by atoms with Gasteiger partial charge in [0.15, 0.2) is 0 Å². The van der Waals surface area contributed by atoms with Crippen LogP contribution in [-0.2, 0) is 9.53 Å². The van der Waals surface area contributed by atoms with Gasteiger partial charge in [-0.3, -0.25) is 4.79 Å². The average molecular weight is 326 g/mol. The third-order valence-electron chi connectivity index (χ3n) is 4.07. The van der Waals surface area contributed by atoms with E-state index in [9.17, 15) is 4.79 Å². The Morgan fingerprint density at radius 1 is 1.21 bits per heavy atom. The molecule has 0 aliphatic heterocycles. The van der Waals surface area contributed by atoms with Gasteiger partial charge in [-0.05, 0) is 49.8 Å². The number of carbonyl (C=O) groups excluding carboxylic acids is 1. The lowest BCUT2D eigenvalue weighted by Crippen LogP contribution is -2.16. The summed E-state index contributed by atoms with van der Waals surface area (Å²) in [6.07, 6.45) is 18.0. The molecule has 0 saturated heterocycles. The van der Waals surface area contributed by atoms with Crippen LogP contribution in [-0.4, -0.2) is 12.6 Å². The first-order valence-corrected chi connectivity index (χ1v) is 8.43. The van der Waals surface area contributed by atoms with Gasteiger partial charge in [0, 0.05) is 6.92 Å². The molecule has 1 rings (SSSR count). The van der Waals surface area contributed by atoms with Crippen LogP contribution in [0.1, 0.15) is 48.0 Å². The average Bonchev–Trinajstić information content (AvgIpc) is 2.45. The minimum absolute atomic E-state index is 0.196. The van der Waals surface area contributed by atoms with Crippen molar-refractivity contribution in [1.29, 1.82) is 0 Å². The van der Waals surface area contributed by atoms with Gasteiger partial charge in [-0.25, -0.2) is 0 Å². The molecular weight excluding hydrogens is 296 g/mol. The highest BCUT2D eigenvalue weighted by Gasteiger charge is 2.23. The maximum atomic E-state index is 10.7. The van der Waals surface area contributed by atoms with Gasteiger partial charge in [-0.1, -0.05) is 67.5 Å². The van der Waals surface area contributed by atoms with E-state index in [1.807, 2.05) is 25.2 Å². The van der Waals surface area contributed by atoms with Gasteiger partial charge in [-0.15, -0.1) is 0 Å². The highest BCUT2D eigenvalue weighted by Crippen LogP contribution is 2.37. The zero-order valence-electron chi connectivity index (χ0n) is 15.8. The molecule has 130 valence electrons. The van der Waals surface area contributed by atoms with E-state index in [2.05, 4.69) is 58.1 Å². The second kappa shape index (κ2) is 9.27. The summed E-state index contributed by atoms with van der Waals surface area (Å²) in [4.78, 5) is 10.7. The molecule has 0 aromatic rings. The molecule has 0 N–H and O–H groups in total. The van der Waals surface area contributed by atoms with Crippen LogP contribution in [0.5, 0.6) is 0 Å². The maximum absolute atomic E-state index is 10.7. The molecule has 2 heteroatoms. The molecule has 0 amide bonds. The lowest BCUT2D eigenvalue weighted by molar-refractivity contribution is -0.139. The first-order valence-electron chi connectivity index (χ1n) is 8.43. The third kappa shape index (κ3) is 6.99. The Labute approximate surface area is 147 Å². The minimum Gasteiger partial charge on any atom is -0.462 e. The first-order chi connectivity index (χ1) is 11.2. The number of hydrogen-bond donors (Lipinski definition) is 0. The molecule has 1 aliphatic carbocycles. The van der Waals surface area contributed by atoms with Gasteiger partial charge in [0.2, 0.25) is 0 Å². The third-order valence-corrected chi connectivity index (χ3v) is 4.07. The minimum atomic E-state index is -0.256. The van der Waals surface area contributed by atoms with Crippen LogP contribution in [0.25, 0.3) is 0 Å². The molecular formula is C22H30O2. The van der Waals surface area contributed by atoms with Crippen LogP contribution < -0.4 is 0 Å². The fourth-order valence-electron chi connectivity index (χ4n) is 2.60. The van der Waals surface area contributed by atoms with Crippen LogP contribution in [0.3, 0.4) is 0 Å². The van der Waals surface area contributed by atoms with E-state index in [1.54, 1.807) is 0 Å². The monoisotopic (exact) mass is 326 g/mol. The molecule has 1 aliphatic rings. The van der Waals surface area contributed by atoms with Gasteiger partial charge in [-0.2, -0.15) is 0 Å². The summed E-state index contributed by atoms with van der Waals surface area (Å²) >= 11 is 0. The van der Waals surface area contributed by atoms with Crippen LogP contribution >= 0.6 is 0 Å². The smallest absolute Gasteiger partial charge is 0.302 e. The predicted molar refractivity (Wildman–Crippen MR) is 103 cm³/mol. The van der Waals surface area contributed by atoms with Crippen molar-refractivity contribution in [2.45, 2.75) is 48.0 Å². The highest BCUT2D eigenvalue weighted by atomic mass is 16.5. The Balaban J connectivity index is 2.68. The quantitative estimate of drug-likeness (QED) is 0.451. The molecule has 24 heavy (non-hydrogen) atoms. The van der Waals surface area contributed by atoms with Crippen molar-refractivity contribution in [3.63, 3.8) is 0 Å². The number of allylic oxidation sites excluding steroid dienone is 11. The number of ether oxygens (including phenoxy) is 1. The normalized spacial score (nSPS) is 18.8. The molecule has 0 atom stereocenters. The molecule has 0 bridgehead atoms. The Morgan fingerprint density at radius 3 is 2.54 bits per heavy atom. The van der Waals surface area contributed by atoms with E-state index in [1.165, 1.54) is 23.6 Å². The summed E-state index contributed by atoms with van der Waals surface area (Å²) in [7, 11) is 0. The second-order valence-electron chi connectivity index (χ2n) is 6.94. The first kappa shape index (κ1) is 20.0. The van der Waals surface area contributed by atoms with Gasteiger partial charge in [0.25, 0.3) is 0 Å². The van der Waals surface area contributed by atoms with E-state index in [0.29, 0.717) is 6.61 Å². The molecule has 0 fully saturated rings. The van der Waals surface area contributed by atoms with Crippen molar-refractivity contribution in [2.24, 2.45) is 5.41 Å². The van der Waals surface area contributed by atoms with E-state index < -0.39 is 0 Å². The molecule has 0 unspecified atom stereocenters. The van der Waals surface area contributed by atoms with Crippen LogP contribution in [0.15, 0.2) is 70.9 Å². The standard InChI is InChI=1S/C22H30O2/c1-17(9-7-10-18(2)14-16-24-20(4)23)12-13-21-19(3)11-8-15-22(21,5)6/h7-14H,15-16H2,1-6H3. The number of esters is 1. The van der Waals surface area contributed by atoms with Crippen molar-refractivity contribution in [3.05, 3.63) is 70.9 Å². The number of rotatable bonds is 6. The van der Waals surface area contributed by atoms with Crippen molar-refractivity contribution >= 4 is 5.97 Å². The van der Waals surface area contributed by atoms with Gasteiger partial charge >= 0.3 is 5.97 Å². The molecule has 0 spiro atoms. The van der Waals surface area contributed by atoms with Crippen molar-refractivity contribution < 1.29 is 9.53 Å². The SMILES string of the molecule is CC(=O)OCC=C(C)C=CC=C(C)C=CC1=C(C)C=CCC1(C)C. The summed E-state index contributed by atoms with van der Waals surface area (Å²) in [6, 6.07) is 0. The zero-order chi connectivity index (χ0) is 18.2. The lowest BCUT2D eigenvalue weighted by Gasteiger charge is -2.29. The van der Waals surface area contributed by atoms with Crippen LogP contribution in [0.4, 0.5) is 0 Å². The molecule has 2 nitrogen and oxygen atoms in total. The predicted octanol–water partition coefficient (Wildman–Crippen LogP) is 5.86. The van der Waals surface area contributed by atoms with Gasteiger partial charge < -0.3 is 4.74 Å². The maximum Gasteiger partial charge on any atom is 0.302 e. The topological polar surface area (TPSA) is 26.3 Å². The van der Waals surface area contributed by atoms with Gasteiger partial charge in [0.1, 0.15) is 6.61 Å². The van der Waals surface area contributed by atoms with Crippen LogP contribution in [0.2, 0.25) is 0 Å². The van der Waals surface area contributed by atoms with E-state index in [-0.39, 0.29) is 11.4 Å². The summed E-state index contributed by atoms with van der Waals surface area (Å²) in [5, 5.41) is 0. The Hall–Kier alpha value is -2.09. The van der Waals surface area contributed by atoms with E-state index in [4.69, 9.17) is 4.74 Å². The highest BCUT2D eigenvalue weighted by molar-refractivity contribution is 5.66. The Morgan fingerprint density at radius 2 is 1.92 bits per heavy atom. The molecule has 0 aromatic heterocycles. The summed E-state index contributed by atoms with van der Waals surface area (Å²) in [6.45, 7) is 12.6. The van der Waals surface area contributed by atoms with Gasteiger partial charge in [0.05, 0.1) is 0 Å². The molecule has 0 saturated carbocycles. The fourth-order valence-corrected chi connectivity index (χ4v) is 2.60. The summed E-state index contributed by atoms with van der Waals surface area (Å²) < 4.78 is 4.89. The van der Waals surface area contributed by atoms with Crippen LogP contribution in [0, 0.1) is 5.41 Å². The number of hydrogen-bond acceptors (Lipinski definition) is 2. The zero-order valence-corrected chi connectivity index (χ0v) is 15.8. The summed E-state index contributed by atoms with van der Waals surface area (Å²) in [5.74, 6) is -0.256. The summed E-state index contributed by atoms with van der Waals surface area (Å²) in [5.41, 5.74) is 5.21. The fraction of sp³-hybridized carbons (Fsp3) is 0.409. The van der Waals surface area contributed by atoms with E-state index >= 15 is 0 Å². The lowest BCUT2D eigenvalue weighted by atomic mass is 9.75. The molecule has 0 aromatic carbocycles.